The third-order valence-electron chi connectivity index (χ3n) is 3.26. The summed E-state index contributed by atoms with van der Waals surface area (Å²) in [6.45, 7) is 1.65. The molecule has 0 fully saturated rings. The number of anilines is 2. The van der Waals surface area contributed by atoms with Crippen molar-refractivity contribution in [2.75, 3.05) is 10.6 Å². The highest BCUT2D eigenvalue weighted by Crippen LogP contribution is 2.32. The van der Waals surface area contributed by atoms with Gasteiger partial charge in [-0.3, -0.25) is 9.59 Å². The highest BCUT2D eigenvalue weighted by atomic mass is 19.1. The molecule has 1 atom stereocenters. The molecule has 0 saturated carbocycles. The molecule has 0 radical (unpaired) electrons. The second-order valence-corrected chi connectivity index (χ2v) is 4.92. The van der Waals surface area contributed by atoms with Crippen molar-refractivity contribution >= 4 is 23.2 Å². The normalized spacial score (nSPS) is 16.3. The van der Waals surface area contributed by atoms with Gasteiger partial charge in [0.2, 0.25) is 0 Å². The van der Waals surface area contributed by atoms with Crippen LogP contribution in [-0.4, -0.2) is 17.9 Å². The van der Waals surface area contributed by atoms with E-state index >= 15 is 0 Å². The molecular formula is C16H13FN2O3. The van der Waals surface area contributed by atoms with Crippen molar-refractivity contribution in [2.45, 2.75) is 13.0 Å². The molecule has 3 rings (SSSR count). The monoisotopic (exact) mass is 300 g/mol. The van der Waals surface area contributed by atoms with Crippen molar-refractivity contribution in [3.05, 3.63) is 53.8 Å². The summed E-state index contributed by atoms with van der Waals surface area (Å²) in [6, 6.07) is 10.3. The Morgan fingerprint density at radius 3 is 2.86 bits per heavy atom. The SMILES string of the molecule is CC1Oc2ccc(NC(=O)c3cccc(F)c3)cc2NC1=O. The van der Waals surface area contributed by atoms with Crippen LogP contribution in [0.25, 0.3) is 0 Å². The minimum Gasteiger partial charge on any atom is -0.479 e. The van der Waals surface area contributed by atoms with Gasteiger partial charge < -0.3 is 15.4 Å². The van der Waals surface area contributed by atoms with Gasteiger partial charge in [-0.1, -0.05) is 6.07 Å². The molecule has 0 spiro atoms. The van der Waals surface area contributed by atoms with Gasteiger partial charge in [-0.25, -0.2) is 4.39 Å². The predicted molar refractivity (Wildman–Crippen MR) is 79.5 cm³/mol. The average Bonchev–Trinajstić information content (AvgIpc) is 2.49. The second kappa shape index (κ2) is 5.48. The molecule has 1 aliphatic heterocycles. The minimum absolute atomic E-state index is 0.214. The van der Waals surface area contributed by atoms with Crippen LogP contribution in [-0.2, 0) is 4.79 Å². The molecule has 22 heavy (non-hydrogen) atoms. The van der Waals surface area contributed by atoms with E-state index in [1.807, 2.05) is 0 Å². The third-order valence-corrected chi connectivity index (χ3v) is 3.26. The van der Waals surface area contributed by atoms with Crippen LogP contribution < -0.4 is 15.4 Å². The molecule has 1 aliphatic rings. The number of carbonyl (C=O) groups excluding carboxylic acids is 2. The van der Waals surface area contributed by atoms with E-state index in [2.05, 4.69) is 10.6 Å². The average molecular weight is 300 g/mol. The zero-order valence-electron chi connectivity index (χ0n) is 11.7. The van der Waals surface area contributed by atoms with Gasteiger partial charge in [0.1, 0.15) is 11.6 Å². The number of benzene rings is 2. The third kappa shape index (κ3) is 2.76. The quantitative estimate of drug-likeness (QED) is 0.896. The molecule has 0 aromatic heterocycles. The van der Waals surface area contributed by atoms with E-state index in [0.717, 1.165) is 6.07 Å². The van der Waals surface area contributed by atoms with Crippen LogP contribution in [0.5, 0.6) is 5.75 Å². The van der Waals surface area contributed by atoms with E-state index in [1.54, 1.807) is 25.1 Å². The van der Waals surface area contributed by atoms with E-state index in [4.69, 9.17) is 4.74 Å². The topological polar surface area (TPSA) is 67.4 Å². The van der Waals surface area contributed by atoms with Gasteiger partial charge in [-0.2, -0.15) is 0 Å². The van der Waals surface area contributed by atoms with Crippen LogP contribution in [0.2, 0.25) is 0 Å². The summed E-state index contributed by atoms with van der Waals surface area (Å²) < 4.78 is 18.6. The zero-order valence-corrected chi connectivity index (χ0v) is 11.7. The van der Waals surface area contributed by atoms with Gasteiger partial charge in [0.15, 0.2) is 6.10 Å². The molecule has 2 aromatic carbocycles. The van der Waals surface area contributed by atoms with Crippen molar-refractivity contribution < 1.29 is 18.7 Å². The molecule has 0 saturated heterocycles. The smallest absolute Gasteiger partial charge is 0.265 e. The summed E-state index contributed by atoms with van der Waals surface area (Å²) in [5, 5.41) is 5.35. The number of fused-ring (bicyclic) bond motifs is 1. The van der Waals surface area contributed by atoms with Crippen molar-refractivity contribution in [1.82, 2.24) is 0 Å². The van der Waals surface area contributed by atoms with E-state index in [9.17, 15) is 14.0 Å². The van der Waals surface area contributed by atoms with E-state index in [1.165, 1.54) is 18.2 Å². The van der Waals surface area contributed by atoms with Crippen molar-refractivity contribution in [3.8, 4) is 5.75 Å². The first-order valence-electron chi connectivity index (χ1n) is 6.71. The van der Waals surface area contributed by atoms with Gasteiger partial charge in [0.05, 0.1) is 5.69 Å². The first-order chi connectivity index (χ1) is 10.5. The number of amides is 2. The van der Waals surface area contributed by atoms with Gasteiger partial charge in [-0.05, 0) is 43.3 Å². The van der Waals surface area contributed by atoms with Gasteiger partial charge in [0, 0.05) is 11.3 Å². The Morgan fingerprint density at radius 1 is 1.27 bits per heavy atom. The Balaban J connectivity index is 1.80. The van der Waals surface area contributed by atoms with E-state index in [-0.39, 0.29) is 11.5 Å². The maximum absolute atomic E-state index is 13.1. The minimum atomic E-state index is -0.555. The molecule has 2 aromatic rings. The lowest BCUT2D eigenvalue weighted by Crippen LogP contribution is -2.34. The summed E-state index contributed by atoms with van der Waals surface area (Å²) in [7, 11) is 0. The van der Waals surface area contributed by atoms with Crippen LogP contribution in [0.1, 0.15) is 17.3 Å². The lowest BCUT2D eigenvalue weighted by atomic mass is 10.2. The Kier molecular flexibility index (Phi) is 3.50. The Labute approximate surface area is 126 Å². The lowest BCUT2D eigenvalue weighted by molar-refractivity contribution is -0.122. The number of rotatable bonds is 2. The standard InChI is InChI=1S/C16H13FN2O3/c1-9-15(20)19-13-8-12(5-6-14(13)22-9)18-16(21)10-3-2-4-11(17)7-10/h2-9H,1H3,(H,18,21)(H,19,20). The van der Waals surface area contributed by atoms with Crippen molar-refractivity contribution in [3.63, 3.8) is 0 Å². The molecule has 0 aliphatic carbocycles. The van der Waals surface area contributed by atoms with Crippen LogP contribution in [0.3, 0.4) is 0 Å². The first-order valence-corrected chi connectivity index (χ1v) is 6.71. The predicted octanol–water partition coefficient (Wildman–Crippen LogP) is 2.80. The number of hydrogen-bond donors (Lipinski definition) is 2. The summed E-state index contributed by atoms with van der Waals surface area (Å²) in [6.07, 6.45) is -0.555. The largest absolute Gasteiger partial charge is 0.479 e. The summed E-state index contributed by atoms with van der Waals surface area (Å²) in [4.78, 5) is 23.6. The van der Waals surface area contributed by atoms with Gasteiger partial charge >= 0.3 is 0 Å². The number of carbonyl (C=O) groups is 2. The molecule has 1 heterocycles. The Morgan fingerprint density at radius 2 is 2.09 bits per heavy atom. The summed E-state index contributed by atoms with van der Waals surface area (Å²) in [5.41, 5.74) is 1.18. The van der Waals surface area contributed by atoms with E-state index in [0.29, 0.717) is 17.1 Å². The molecule has 112 valence electrons. The molecular weight excluding hydrogens is 287 g/mol. The zero-order chi connectivity index (χ0) is 15.7. The molecule has 2 N–H and O–H groups in total. The highest BCUT2D eigenvalue weighted by Gasteiger charge is 2.23. The number of halogens is 1. The van der Waals surface area contributed by atoms with Gasteiger partial charge in [-0.15, -0.1) is 0 Å². The van der Waals surface area contributed by atoms with Crippen LogP contribution in [0, 0.1) is 5.82 Å². The summed E-state index contributed by atoms with van der Waals surface area (Å²) in [5.74, 6) is -0.624. The fourth-order valence-electron chi connectivity index (χ4n) is 2.12. The van der Waals surface area contributed by atoms with Crippen LogP contribution in [0.15, 0.2) is 42.5 Å². The fourth-order valence-corrected chi connectivity index (χ4v) is 2.12. The van der Waals surface area contributed by atoms with Crippen LogP contribution in [0.4, 0.5) is 15.8 Å². The first kappa shape index (κ1) is 14.1. The maximum Gasteiger partial charge on any atom is 0.265 e. The molecule has 2 amide bonds. The lowest BCUT2D eigenvalue weighted by Gasteiger charge is -2.23. The van der Waals surface area contributed by atoms with Crippen molar-refractivity contribution in [2.24, 2.45) is 0 Å². The second-order valence-electron chi connectivity index (χ2n) is 4.92. The maximum atomic E-state index is 13.1. The Hall–Kier alpha value is -2.89. The molecule has 0 bridgehead atoms. The molecule has 6 heteroatoms. The number of hydrogen-bond acceptors (Lipinski definition) is 3. The van der Waals surface area contributed by atoms with Gasteiger partial charge in [0.25, 0.3) is 11.8 Å². The van der Waals surface area contributed by atoms with Crippen molar-refractivity contribution in [1.29, 1.82) is 0 Å². The molecule has 1 unspecified atom stereocenters. The number of ether oxygens (including phenoxy) is 1. The van der Waals surface area contributed by atoms with Crippen LogP contribution >= 0.6 is 0 Å². The number of nitrogens with one attached hydrogen (secondary N) is 2. The Bertz CT molecular complexity index is 761. The fraction of sp³-hybridized carbons (Fsp3) is 0.125. The summed E-state index contributed by atoms with van der Waals surface area (Å²) >= 11 is 0. The molecule has 5 nitrogen and oxygen atoms in total. The van der Waals surface area contributed by atoms with E-state index < -0.39 is 17.8 Å². The highest BCUT2D eigenvalue weighted by molar-refractivity contribution is 6.05.